The molecule has 0 bridgehead atoms. The minimum absolute atomic E-state index is 0.0897. The molecule has 2 N–H and O–H groups in total. The Morgan fingerprint density at radius 2 is 2.55 bits per heavy atom. The first-order valence-electron chi connectivity index (χ1n) is 3.91. The van der Waals surface area contributed by atoms with Crippen molar-refractivity contribution in [3.8, 4) is 0 Å². The lowest BCUT2D eigenvalue weighted by molar-refractivity contribution is -0.128. The van der Waals surface area contributed by atoms with E-state index in [0.29, 0.717) is 0 Å². The monoisotopic (exact) mass is 154 g/mol. The standard InChI is InChI=1S/C8H14N2O/c1-2-3-5-10-6-4-7(9)8(10)11/h2,7H,1,3-6,9H2. The molecular weight excluding hydrogens is 140 g/mol. The molecule has 1 saturated heterocycles. The molecule has 1 aliphatic rings. The Bertz CT molecular complexity index is 167. The number of rotatable bonds is 3. The Balaban J connectivity index is 2.36. The highest BCUT2D eigenvalue weighted by Crippen LogP contribution is 2.08. The predicted octanol–water partition coefficient (Wildman–Crippen LogP) is 0.122. The van der Waals surface area contributed by atoms with Gasteiger partial charge >= 0.3 is 0 Å². The quantitative estimate of drug-likeness (QED) is 0.587. The first kappa shape index (κ1) is 8.27. The topological polar surface area (TPSA) is 46.3 Å². The van der Waals surface area contributed by atoms with Gasteiger partial charge in [-0.1, -0.05) is 6.08 Å². The van der Waals surface area contributed by atoms with Crippen LogP contribution < -0.4 is 5.73 Å². The van der Waals surface area contributed by atoms with Gasteiger partial charge in [0, 0.05) is 13.1 Å². The van der Waals surface area contributed by atoms with E-state index in [9.17, 15) is 4.79 Å². The van der Waals surface area contributed by atoms with Gasteiger partial charge in [-0.2, -0.15) is 0 Å². The molecule has 3 nitrogen and oxygen atoms in total. The van der Waals surface area contributed by atoms with E-state index >= 15 is 0 Å². The SMILES string of the molecule is C=CCCN1CCC(N)C1=O. The van der Waals surface area contributed by atoms with Crippen molar-refractivity contribution in [2.45, 2.75) is 18.9 Å². The average Bonchev–Trinajstić information content (AvgIpc) is 2.31. The van der Waals surface area contributed by atoms with Crippen LogP contribution in [0.5, 0.6) is 0 Å². The Hall–Kier alpha value is -0.830. The molecule has 3 heteroatoms. The molecule has 0 aromatic carbocycles. The van der Waals surface area contributed by atoms with E-state index in [2.05, 4.69) is 6.58 Å². The minimum Gasteiger partial charge on any atom is -0.341 e. The number of nitrogens with zero attached hydrogens (tertiary/aromatic N) is 1. The van der Waals surface area contributed by atoms with Gasteiger partial charge in [0.05, 0.1) is 6.04 Å². The number of nitrogens with two attached hydrogens (primary N) is 1. The second-order valence-electron chi connectivity index (χ2n) is 2.80. The van der Waals surface area contributed by atoms with Gasteiger partial charge in [0.2, 0.25) is 5.91 Å². The third-order valence-corrected chi connectivity index (χ3v) is 1.94. The van der Waals surface area contributed by atoms with E-state index in [1.807, 2.05) is 6.08 Å². The summed E-state index contributed by atoms with van der Waals surface area (Å²) in [5.74, 6) is 0.0897. The van der Waals surface area contributed by atoms with Crippen LogP contribution in [0.2, 0.25) is 0 Å². The molecule has 0 radical (unpaired) electrons. The third-order valence-electron chi connectivity index (χ3n) is 1.94. The first-order chi connectivity index (χ1) is 5.25. The maximum Gasteiger partial charge on any atom is 0.239 e. The summed E-state index contributed by atoms with van der Waals surface area (Å²) in [6, 6.07) is -0.250. The summed E-state index contributed by atoms with van der Waals surface area (Å²) in [5.41, 5.74) is 5.52. The fourth-order valence-electron chi connectivity index (χ4n) is 1.23. The van der Waals surface area contributed by atoms with Crippen LogP contribution in [0.3, 0.4) is 0 Å². The van der Waals surface area contributed by atoms with Crippen LogP contribution in [0.15, 0.2) is 12.7 Å². The number of amides is 1. The molecule has 1 rings (SSSR count). The van der Waals surface area contributed by atoms with Gasteiger partial charge in [-0.25, -0.2) is 0 Å². The summed E-state index contributed by atoms with van der Waals surface area (Å²) in [5, 5.41) is 0. The van der Waals surface area contributed by atoms with Crippen LogP contribution in [0.4, 0.5) is 0 Å². The van der Waals surface area contributed by atoms with Crippen molar-refractivity contribution in [2.24, 2.45) is 5.73 Å². The summed E-state index contributed by atoms with van der Waals surface area (Å²) < 4.78 is 0. The summed E-state index contributed by atoms with van der Waals surface area (Å²) in [7, 11) is 0. The van der Waals surface area contributed by atoms with Crippen molar-refractivity contribution in [1.82, 2.24) is 4.90 Å². The first-order valence-corrected chi connectivity index (χ1v) is 3.91. The van der Waals surface area contributed by atoms with Crippen LogP contribution >= 0.6 is 0 Å². The summed E-state index contributed by atoms with van der Waals surface area (Å²) in [6.45, 7) is 5.18. The van der Waals surface area contributed by atoms with E-state index < -0.39 is 0 Å². The molecule has 1 fully saturated rings. The largest absolute Gasteiger partial charge is 0.341 e. The maximum atomic E-state index is 11.2. The Kier molecular flexibility index (Phi) is 2.65. The van der Waals surface area contributed by atoms with Crippen molar-refractivity contribution in [1.29, 1.82) is 0 Å². The molecule has 1 heterocycles. The molecule has 1 amide bonds. The summed E-state index contributed by atoms with van der Waals surface area (Å²) in [6.07, 6.45) is 3.48. The number of carbonyl (C=O) groups excluding carboxylic acids is 1. The number of carbonyl (C=O) groups is 1. The summed E-state index contributed by atoms with van der Waals surface area (Å²) in [4.78, 5) is 13.0. The molecule has 0 aromatic heterocycles. The Morgan fingerprint density at radius 1 is 1.82 bits per heavy atom. The average molecular weight is 154 g/mol. The van der Waals surface area contributed by atoms with Gasteiger partial charge < -0.3 is 10.6 Å². The van der Waals surface area contributed by atoms with E-state index in [-0.39, 0.29) is 11.9 Å². The van der Waals surface area contributed by atoms with Gasteiger partial charge in [-0.15, -0.1) is 6.58 Å². The zero-order valence-corrected chi connectivity index (χ0v) is 6.62. The van der Waals surface area contributed by atoms with Gasteiger partial charge in [0.15, 0.2) is 0 Å². The fourth-order valence-corrected chi connectivity index (χ4v) is 1.23. The Labute approximate surface area is 66.9 Å². The number of hydrogen-bond acceptors (Lipinski definition) is 2. The smallest absolute Gasteiger partial charge is 0.239 e. The molecule has 1 aliphatic heterocycles. The lowest BCUT2D eigenvalue weighted by atomic mass is 10.3. The third kappa shape index (κ3) is 1.80. The number of likely N-dealkylation sites (tertiary alicyclic amines) is 1. The van der Waals surface area contributed by atoms with Crippen molar-refractivity contribution in [3.63, 3.8) is 0 Å². The van der Waals surface area contributed by atoms with Crippen molar-refractivity contribution < 1.29 is 4.79 Å². The maximum absolute atomic E-state index is 11.2. The van der Waals surface area contributed by atoms with Crippen LogP contribution in [0.1, 0.15) is 12.8 Å². The van der Waals surface area contributed by atoms with Crippen molar-refractivity contribution in [3.05, 3.63) is 12.7 Å². The summed E-state index contributed by atoms with van der Waals surface area (Å²) >= 11 is 0. The van der Waals surface area contributed by atoms with Crippen molar-refractivity contribution in [2.75, 3.05) is 13.1 Å². The molecule has 0 spiro atoms. The molecule has 11 heavy (non-hydrogen) atoms. The molecule has 62 valence electrons. The van der Waals surface area contributed by atoms with Gasteiger partial charge in [-0.3, -0.25) is 4.79 Å². The van der Waals surface area contributed by atoms with Crippen LogP contribution in [0, 0.1) is 0 Å². The zero-order chi connectivity index (χ0) is 8.27. The normalized spacial score (nSPS) is 24.3. The highest BCUT2D eigenvalue weighted by Gasteiger charge is 2.27. The van der Waals surface area contributed by atoms with E-state index in [0.717, 1.165) is 25.9 Å². The molecule has 1 unspecified atom stereocenters. The van der Waals surface area contributed by atoms with Crippen LogP contribution in [-0.4, -0.2) is 29.9 Å². The number of hydrogen-bond donors (Lipinski definition) is 1. The van der Waals surface area contributed by atoms with Crippen LogP contribution in [-0.2, 0) is 4.79 Å². The lowest BCUT2D eigenvalue weighted by Crippen LogP contribution is -2.34. The predicted molar refractivity (Wildman–Crippen MR) is 44.0 cm³/mol. The molecule has 0 aliphatic carbocycles. The second-order valence-corrected chi connectivity index (χ2v) is 2.80. The van der Waals surface area contributed by atoms with Crippen LogP contribution in [0.25, 0.3) is 0 Å². The van der Waals surface area contributed by atoms with E-state index in [1.54, 1.807) is 4.90 Å². The molecule has 0 saturated carbocycles. The zero-order valence-electron chi connectivity index (χ0n) is 6.62. The molecular formula is C8H14N2O. The minimum atomic E-state index is -0.250. The van der Waals surface area contributed by atoms with Crippen molar-refractivity contribution >= 4 is 5.91 Å². The highest BCUT2D eigenvalue weighted by molar-refractivity contribution is 5.83. The van der Waals surface area contributed by atoms with E-state index in [1.165, 1.54) is 0 Å². The fraction of sp³-hybridized carbons (Fsp3) is 0.625. The molecule has 1 atom stereocenters. The lowest BCUT2D eigenvalue weighted by Gasteiger charge is -2.13. The van der Waals surface area contributed by atoms with Gasteiger partial charge in [-0.05, 0) is 12.8 Å². The second kappa shape index (κ2) is 3.53. The Morgan fingerprint density at radius 3 is 3.00 bits per heavy atom. The van der Waals surface area contributed by atoms with E-state index in [4.69, 9.17) is 5.73 Å². The highest BCUT2D eigenvalue weighted by atomic mass is 16.2. The molecule has 0 aromatic rings. The van der Waals surface area contributed by atoms with Gasteiger partial charge in [0.1, 0.15) is 0 Å². The van der Waals surface area contributed by atoms with Gasteiger partial charge in [0.25, 0.3) is 0 Å².